The number of carbonyl (C=O) groups excluding carboxylic acids is 1. The number of amides is 1. The number of hydrogen-bond acceptors (Lipinski definition) is 4. The molecule has 1 aromatic carbocycles. The average molecular weight is 339 g/mol. The Morgan fingerprint density at radius 1 is 1.28 bits per heavy atom. The van der Waals surface area contributed by atoms with Crippen LogP contribution in [0.1, 0.15) is 34.5 Å². The van der Waals surface area contributed by atoms with Crippen LogP contribution in [0.5, 0.6) is 5.75 Å². The second-order valence-electron chi connectivity index (χ2n) is 6.52. The Balaban J connectivity index is 1.63. The minimum Gasteiger partial charge on any atom is -0.487 e. The largest absolute Gasteiger partial charge is 0.487 e. The zero-order valence-corrected chi connectivity index (χ0v) is 14.9. The van der Waals surface area contributed by atoms with Crippen LogP contribution in [-0.4, -0.2) is 42.0 Å². The van der Waals surface area contributed by atoms with Crippen LogP contribution in [0.2, 0.25) is 0 Å². The van der Waals surface area contributed by atoms with Crippen molar-refractivity contribution in [2.75, 3.05) is 20.1 Å². The first kappa shape index (κ1) is 17.4. The van der Waals surface area contributed by atoms with Crippen LogP contribution in [0, 0.1) is 6.92 Å². The summed E-state index contributed by atoms with van der Waals surface area (Å²) in [4.78, 5) is 18.9. The van der Waals surface area contributed by atoms with E-state index in [2.05, 4.69) is 10.3 Å². The van der Waals surface area contributed by atoms with Crippen molar-refractivity contribution in [2.24, 2.45) is 0 Å². The fourth-order valence-corrected chi connectivity index (χ4v) is 3.06. The van der Waals surface area contributed by atoms with Crippen molar-refractivity contribution in [1.29, 1.82) is 0 Å². The van der Waals surface area contributed by atoms with E-state index in [0.717, 1.165) is 42.9 Å². The molecule has 0 saturated carbocycles. The molecule has 1 N–H and O–H groups in total. The molecule has 0 spiro atoms. The summed E-state index contributed by atoms with van der Waals surface area (Å²) >= 11 is 0. The summed E-state index contributed by atoms with van der Waals surface area (Å²) in [5.41, 5.74) is 2.65. The summed E-state index contributed by atoms with van der Waals surface area (Å²) in [6.45, 7) is 4.31. The molecule has 0 aliphatic carbocycles. The van der Waals surface area contributed by atoms with Gasteiger partial charge in [0.15, 0.2) is 0 Å². The highest BCUT2D eigenvalue weighted by atomic mass is 16.5. The molecule has 5 nitrogen and oxygen atoms in total. The lowest BCUT2D eigenvalue weighted by Gasteiger charge is -2.31. The lowest BCUT2D eigenvalue weighted by atomic mass is 10.0. The number of pyridine rings is 1. The zero-order chi connectivity index (χ0) is 17.6. The van der Waals surface area contributed by atoms with Crippen molar-refractivity contribution in [3.05, 3.63) is 59.4 Å². The maximum absolute atomic E-state index is 12.8. The topological polar surface area (TPSA) is 54.5 Å². The van der Waals surface area contributed by atoms with Crippen LogP contribution in [0.15, 0.2) is 42.6 Å². The molecule has 1 aliphatic heterocycles. The molecule has 132 valence electrons. The maximum atomic E-state index is 12.8. The SMILES string of the molecule is Cc1ccc(OCc2cccc(C(=O)N(C)C3CCNCC3)c2)cn1. The van der Waals surface area contributed by atoms with Crippen molar-refractivity contribution < 1.29 is 9.53 Å². The van der Waals surface area contributed by atoms with E-state index in [9.17, 15) is 4.79 Å². The summed E-state index contributed by atoms with van der Waals surface area (Å²) in [7, 11) is 1.90. The van der Waals surface area contributed by atoms with Crippen LogP contribution < -0.4 is 10.1 Å². The molecule has 5 heteroatoms. The summed E-state index contributed by atoms with van der Waals surface area (Å²) in [6.07, 6.45) is 3.73. The minimum absolute atomic E-state index is 0.0748. The molecule has 3 rings (SSSR count). The highest BCUT2D eigenvalue weighted by Crippen LogP contribution is 2.16. The van der Waals surface area contributed by atoms with Gasteiger partial charge in [-0.05, 0) is 62.7 Å². The fraction of sp³-hybridized carbons (Fsp3) is 0.400. The molecule has 2 aromatic rings. The van der Waals surface area contributed by atoms with Gasteiger partial charge in [-0.1, -0.05) is 12.1 Å². The predicted octanol–water partition coefficient (Wildman–Crippen LogP) is 2.79. The molecule has 1 fully saturated rings. The smallest absolute Gasteiger partial charge is 0.253 e. The Morgan fingerprint density at radius 3 is 2.80 bits per heavy atom. The molecular weight excluding hydrogens is 314 g/mol. The van der Waals surface area contributed by atoms with Crippen LogP contribution in [0.3, 0.4) is 0 Å². The number of carbonyl (C=O) groups is 1. The lowest BCUT2D eigenvalue weighted by Crippen LogP contribution is -2.43. The molecule has 25 heavy (non-hydrogen) atoms. The van der Waals surface area contributed by atoms with Gasteiger partial charge < -0.3 is 15.0 Å². The summed E-state index contributed by atoms with van der Waals surface area (Å²) in [5, 5.41) is 3.33. The van der Waals surface area contributed by atoms with Gasteiger partial charge in [0.1, 0.15) is 12.4 Å². The van der Waals surface area contributed by atoms with Crippen LogP contribution in [-0.2, 0) is 6.61 Å². The van der Waals surface area contributed by atoms with E-state index in [1.54, 1.807) is 6.20 Å². The number of benzene rings is 1. The molecular formula is C20H25N3O2. The van der Waals surface area contributed by atoms with Crippen molar-refractivity contribution in [3.63, 3.8) is 0 Å². The molecule has 1 aromatic heterocycles. The summed E-state index contributed by atoms with van der Waals surface area (Å²) < 4.78 is 5.76. The quantitative estimate of drug-likeness (QED) is 0.910. The van der Waals surface area contributed by atoms with Gasteiger partial charge in [-0.25, -0.2) is 0 Å². The van der Waals surface area contributed by atoms with Crippen LogP contribution in [0.4, 0.5) is 0 Å². The number of hydrogen-bond donors (Lipinski definition) is 1. The van der Waals surface area contributed by atoms with Gasteiger partial charge >= 0.3 is 0 Å². The van der Waals surface area contributed by atoms with E-state index < -0.39 is 0 Å². The molecule has 0 radical (unpaired) electrons. The Bertz CT molecular complexity index is 709. The standard InChI is InChI=1S/C20H25N3O2/c1-15-6-7-19(13-22-15)25-14-16-4-3-5-17(12-16)20(24)23(2)18-8-10-21-11-9-18/h3-7,12-13,18,21H,8-11,14H2,1-2H3. The maximum Gasteiger partial charge on any atom is 0.253 e. The second-order valence-corrected chi connectivity index (χ2v) is 6.52. The van der Waals surface area contributed by atoms with Crippen molar-refractivity contribution in [2.45, 2.75) is 32.4 Å². The van der Waals surface area contributed by atoms with Gasteiger partial charge in [-0.2, -0.15) is 0 Å². The minimum atomic E-state index is 0.0748. The third-order valence-corrected chi connectivity index (χ3v) is 4.64. The number of nitrogens with zero attached hydrogens (tertiary/aromatic N) is 2. The molecule has 0 unspecified atom stereocenters. The van der Waals surface area contributed by atoms with Crippen LogP contribution >= 0.6 is 0 Å². The lowest BCUT2D eigenvalue weighted by molar-refractivity contribution is 0.0703. The highest BCUT2D eigenvalue weighted by Gasteiger charge is 2.22. The van der Waals surface area contributed by atoms with Gasteiger partial charge in [0.05, 0.1) is 6.20 Å². The van der Waals surface area contributed by atoms with E-state index >= 15 is 0 Å². The Labute approximate surface area is 149 Å². The van der Waals surface area contributed by atoms with E-state index in [0.29, 0.717) is 18.2 Å². The predicted molar refractivity (Wildman–Crippen MR) is 97.7 cm³/mol. The van der Waals surface area contributed by atoms with E-state index in [1.807, 2.05) is 55.3 Å². The first-order chi connectivity index (χ1) is 12.1. The van der Waals surface area contributed by atoms with Gasteiger partial charge in [0.2, 0.25) is 0 Å². The van der Waals surface area contributed by atoms with Crippen LogP contribution in [0.25, 0.3) is 0 Å². The first-order valence-corrected chi connectivity index (χ1v) is 8.76. The monoisotopic (exact) mass is 339 g/mol. The highest BCUT2D eigenvalue weighted by molar-refractivity contribution is 5.94. The van der Waals surface area contributed by atoms with E-state index in [-0.39, 0.29) is 5.91 Å². The molecule has 0 atom stereocenters. The molecule has 2 heterocycles. The van der Waals surface area contributed by atoms with Crippen molar-refractivity contribution in [3.8, 4) is 5.75 Å². The normalized spacial score (nSPS) is 15.0. The number of nitrogens with one attached hydrogen (secondary N) is 1. The number of aromatic nitrogens is 1. The summed E-state index contributed by atoms with van der Waals surface area (Å²) in [5.74, 6) is 0.805. The molecule has 1 amide bonds. The third kappa shape index (κ3) is 4.57. The van der Waals surface area contributed by atoms with Crippen molar-refractivity contribution >= 4 is 5.91 Å². The molecule has 0 bridgehead atoms. The Kier molecular flexibility index (Phi) is 5.66. The van der Waals surface area contributed by atoms with Gasteiger partial charge in [-0.15, -0.1) is 0 Å². The third-order valence-electron chi connectivity index (χ3n) is 4.64. The Hall–Kier alpha value is -2.40. The first-order valence-electron chi connectivity index (χ1n) is 8.76. The van der Waals surface area contributed by atoms with Crippen molar-refractivity contribution in [1.82, 2.24) is 15.2 Å². The van der Waals surface area contributed by atoms with Gasteiger partial charge in [0, 0.05) is 24.3 Å². The summed E-state index contributed by atoms with van der Waals surface area (Å²) in [6, 6.07) is 11.8. The number of piperidine rings is 1. The number of rotatable bonds is 5. The van der Waals surface area contributed by atoms with E-state index in [4.69, 9.17) is 4.74 Å². The molecule has 1 aliphatic rings. The zero-order valence-electron chi connectivity index (χ0n) is 14.9. The molecule has 1 saturated heterocycles. The average Bonchev–Trinajstić information content (AvgIpc) is 2.67. The fourth-order valence-electron chi connectivity index (χ4n) is 3.06. The number of aryl methyl sites for hydroxylation is 1. The Morgan fingerprint density at radius 2 is 2.08 bits per heavy atom. The second kappa shape index (κ2) is 8.12. The van der Waals surface area contributed by atoms with E-state index in [1.165, 1.54) is 0 Å². The van der Waals surface area contributed by atoms with Gasteiger partial charge in [0.25, 0.3) is 5.91 Å². The number of ether oxygens (including phenoxy) is 1. The van der Waals surface area contributed by atoms with Gasteiger partial charge in [-0.3, -0.25) is 9.78 Å².